The smallest absolute Gasteiger partial charge is 0.310 e. The average molecular weight is 537 g/mol. The molecule has 2 amide bonds. The third-order valence-electron chi connectivity index (χ3n) is 6.06. The number of nitrogens with one attached hydrogen (secondary N) is 2. The molecule has 0 bridgehead atoms. The van der Waals surface area contributed by atoms with E-state index in [9.17, 15) is 14.4 Å². The van der Waals surface area contributed by atoms with E-state index in [1.807, 2.05) is 60.7 Å². The number of hydrogen-bond acceptors (Lipinski definition) is 6. The minimum absolute atomic E-state index is 0.0217. The normalized spacial score (nSPS) is 12.9. The summed E-state index contributed by atoms with van der Waals surface area (Å²) in [6.45, 7) is 8.22. The van der Waals surface area contributed by atoms with Crippen LogP contribution in [0.3, 0.4) is 0 Å². The summed E-state index contributed by atoms with van der Waals surface area (Å²) in [4.78, 5) is 38.6. The van der Waals surface area contributed by atoms with Gasteiger partial charge in [-0.2, -0.15) is 0 Å². The van der Waals surface area contributed by atoms with Crippen LogP contribution in [0.5, 0.6) is 0 Å². The van der Waals surface area contributed by atoms with Gasteiger partial charge in [0.2, 0.25) is 11.8 Å². The fourth-order valence-electron chi connectivity index (χ4n) is 4.04. The summed E-state index contributed by atoms with van der Waals surface area (Å²) in [5.41, 5.74) is 1.78. The molecule has 2 rings (SSSR count). The minimum Gasteiger partial charge on any atom is -0.455 e. The van der Waals surface area contributed by atoms with E-state index in [2.05, 4.69) is 23.8 Å². The molecule has 8 heteroatoms. The summed E-state index contributed by atoms with van der Waals surface area (Å²) >= 11 is 0. The first kappa shape index (κ1) is 31.5. The second kappa shape index (κ2) is 18.5. The molecule has 39 heavy (non-hydrogen) atoms. The zero-order chi connectivity index (χ0) is 28.3. The van der Waals surface area contributed by atoms with E-state index in [1.165, 1.54) is 0 Å². The highest BCUT2D eigenvalue weighted by Gasteiger charge is 2.26. The first-order valence-corrected chi connectivity index (χ1v) is 13.2. The Labute approximate surface area is 231 Å². The molecular weight excluding hydrogens is 496 g/mol. The van der Waals surface area contributed by atoms with Crippen LogP contribution in [0.4, 0.5) is 0 Å². The van der Waals surface area contributed by atoms with Crippen molar-refractivity contribution in [3.8, 4) is 0 Å². The highest BCUT2D eigenvalue weighted by molar-refractivity contribution is 5.86. The van der Waals surface area contributed by atoms with Crippen LogP contribution < -0.4 is 10.6 Å². The number of rotatable bonds is 19. The highest BCUT2D eigenvalue weighted by atomic mass is 16.5. The molecule has 0 aliphatic carbocycles. The molecule has 0 aliphatic heterocycles. The molecule has 0 aliphatic rings. The first-order chi connectivity index (χ1) is 19.0. The number of carbonyl (C=O) groups excluding carboxylic acids is 3. The van der Waals surface area contributed by atoms with Crippen LogP contribution in [-0.2, 0) is 30.3 Å². The second-order valence-corrected chi connectivity index (χ2v) is 9.10. The number of aliphatic hydroxyl groups excluding tert-OH is 1. The molecule has 0 saturated carbocycles. The molecule has 0 fully saturated rings. The molecule has 0 saturated heterocycles. The summed E-state index contributed by atoms with van der Waals surface area (Å²) in [5, 5.41) is 14.3. The lowest BCUT2D eigenvalue weighted by molar-refractivity contribution is -0.154. The van der Waals surface area contributed by atoms with Crippen molar-refractivity contribution in [3.05, 3.63) is 97.1 Å². The summed E-state index contributed by atoms with van der Waals surface area (Å²) in [6, 6.07) is 19.0. The molecule has 210 valence electrons. The maximum atomic E-state index is 13.2. The van der Waals surface area contributed by atoms with Gasteiger partial charge in [-0.25, -0.2) is 0 Å². The van der Waals surface area contributed by atoms with Gasteiger partial charge in [0.1, 0.15) is 6.10 Å². The summed E-state index contributed by atoms with van der Waals surface area (Å²) < 4.78 is 11.1. The van der Waals surface area contributed by atoms with E-state index in [0.717, 1.165) is 11.1 Å². The Morgan fingerprint density at radius 2 is 1.51 bits per heavy atom. The Morgan fingerprint density at radius 1 is 0.872 bits per heavy atom. The third kappa shape index (κ3) is 12.1. The topological polar surface area (TPSA) is 114 Å². The lowest BCUT2D eigenvalue weighted by Crippen LogP contribution is -2.38. The highest BCUT2D eigenvalue weighted by Crippen LogP contribution is 2.22. The largest absolute Gasteiger partial charge is 0.455 e. The molecule has 0 heterocycles. The van der Waals surface area contributed by atoms with Crippen molar-refractivity contribution in [1.29, 1.82) is 0 Å². The number of carbonyl (C=O) groups is 3. The van der Waals surface area contributed by atoms with Gasteiger partial charge in [0.05, 0.1) is 38.2 Å². The molecule has 0 radical (unpaired) electrons. The Hall–Kier alpha value is -3.75. The van der Waals surface area contributed by atoms with Gasteiger partial charge < -0.3 is 25.2 Å². The lowest BCUT2D eigenvalue weighted by Gasteiger charge is -2.23. The molecule has 2 aromatic rings. The zero-order valence-electron chi connectivity index (χ0n) is 22.4. The quantitative estimate of drug-likeness (QED) is 0.144. The summed E-state index contributed by atoms with van der Waals surface area (Å²) in [5.74, 6) is -2.02. The van der Waals surface area contributed by atoms with E-state index in [1.54, 1.807) is 12.2 Å². The van der Waals surface area contributed by atoms with Crippen molar-refractivity contribution >= 4 is 17.8 Å². The van der Waals surface area contributed by atoms with Crippen molar-refractivity contribution in [2.75, 3.05) is 32.9 Å². The monoisotopic (exact) mass is 536 g/mol. The Balaban J connectivity index is 2.03. The van der Waals surface area contributed by atoms with E-state index in [4.69, 9.17) is 14.6 Å². The number of benzene rings is 2. The minimum atomic E-state index is -0.701. The number of allylic oxidation sites excluding steroid dienone is 2. The SMILES string of the molecule is C=CCC(CC(=O)NCCOCCO)C(=O)NCC(OC(=O)C(CC=C)Cc1ccccc1)c1ccccc1. The predicted octanol–water partition coefficient (Wildman–Crippen LogP) is 3.53. The summed E-state index contributed by atoms with van der Waals surface area (Å²) in [6.07, 6.45) is 3.87. The first-order valence-electron chi connectivity index (χ1n) is 13.2. The Kier molecular flexibility index (Phi) is 14.9. The molecule has 2 aromatic carbocycles. The maximum absolute atomic E-state index is 13.2. The zero-order valence-corrected chi connectivity index (χ0v) is 22.4. The van der Waals surface area contributed by atoms with Crippen molar-refractivity contribution in [2.24, 2.45) is 11.8 Å². The van der Waals surface area contributed by atoms with Crippen LogP contribution in [0.2, 0.25) is 0 Å². The molecule has 0 aromatic heterocycles. The number of amides is 2. The van der Waals surface area contributed by atoms with Gasteiger partial charge in [-0.05, 0) is 30.4 Å². The molecule has 0 spiro atoms. The molecule has 3 atom stereocenters. The molecular formula is C31H40N2O6. The number of esters is 1. The van der Waals surface area contributed by atoms with Gasteiger partial charge in [-0.1, -0.05) is 72.8 Å². The molecule has 3 unspecified atom stereocenters. The van der Waals surface area contributed by atoms with Crippen molar-refractivity contribution in [1.82, 2.24) is 10.6 Å². The average Bonchev–Trinajstić information content (AvgIpc) is 2.95. The predicted molar refractivity (Wildman–Crippen MR) is 151 cm³/mol. The van der Waals surface area contributed by atoms with Crippen LogP contribution in [0.1, 0.15) is 36.5 Å². The van der Waals surface area contributed by atoms with Crippen LogP contribution in [0, 0.1) is 11.8 Å². The standard InChI is InChI=1S/C31H40N2O6/c1-3-11-26(22-29(35)32-17-19-38-20-18-34)30(36)33-23-28(25-15-9-6-10-16-25)39-31(37)27(12-4-2)21-24-13-7-5-8-14-24/h3-10,13-16,26-28,34H,1-2,11-12,17-23H2,(H,32,35)(H,33,36). The van der Waals surface area contributed by atoms with Crippen molar-refractivity contribution in [3.63, 3.8) is 0 Å². The number of hydrogen-bond donors (Lipinski definition) is 3. The fraction of sp³-hybridized carbons (Fsp3) is 0.387. The van der Waals surface area contributed by atoms with Gasteiger partial charge in [-0.3, -0.25) is 14.4 Å². The van der Waals surface area contributed by atoms with Crippen molar-refractivity contribution in [2.45, 2.75) is 31.8 Å². The van der Waals surface area contributed by atoms with Crippen LogP contribution >= 0.6 is 0 Å². The fourth-order valence-corrected chi connectivity index (χ4v) is 4.04. The van der Waals surface area contributed by atoms with E-state index >= 15 is 0 Å². The number of ether oxygens (including phenoxy) is 2. The maximum Gasteiger partial charge on any atom is 0.310 e. The Bertz CT molecular complexity index is 1030. The van der Waals surface area contributed by atoms with Crippen LogP contribution in [0.15, 0.2) is 86.0 Å². The van der Waals surface area contributed by atoms with Crippen molar-refractivity contribution < 1.29 is 29.0 Å². The van der Waals surface area contributed by atoms with Crippen LogP contribution in [0.25, 0.3) is 0 Å². The van der Waals surface area contributed by atoms with Gasteiger partial charge in [0, 0.05) is 13.0 Å². The Morgan fingerprint density at radius 3 is 2.15 bits per heavy atom. The van der Waals surface area contributed by atoms with Gasteiger partial charge >= 0.3 is 5.97 Å². The second-order valence-electron chi connectivity index (χ2n) is 9.10. The molecule has 3 N–H and O–H groups in total. The third-order valence-corrected chi connectivity index (χ3v) is 6.06. The summed E-state index contributed by atoms with van der Waals surface area (Å²) in [7, 11) is 0. The van der Waals surface area contributed by atoms with Crippen LogP contribution in [-0.4, -0.2) is 55.8 Å². The van der Waals surface area contributed by atoms with E-state index < -0.39 is 17.9 Å². The van der Waals surface area contributed by atoms with Gasteiger partial charge in [0.25, 0.3) is 0 Å². The lowest BCUT2D eigenvalue weighted by atomic mass is 9.96. The van der Waals surface area contributed by atoms with E-state index in [0.29, 0.717) is 19.3 Å². The van der Waals surface area contributed by atoms with Gasteiger partial charge in [-0.15, -0.1) is 13.2 Å². The number of aliphatic hydroxyl groups is 1. The molecule has 8 nitrogen and oxygen atoms in total. The van der Waals surface area contributed by atoms with Gasteiger partial charge in [0.15, 0.2) is 0 Å². The van der Waals surface area contributed by atoms with E-state index in [-0.39, 0.29) is 57.1 Å².